The Morgan fingerprint density at radius 2 is 1.49 bits per heavy atom. The van der Waals surface area contributed by atoms with Crippen LogP contribution in [-0.4, -0.2) is 37.6 Å². The molecule has 0 saturated carbocycles. The van der Waals surface area contributed by atoms with Gasteiger partial charge in [-0.2, -0.15) is 4.31 Å². The monoisotopic (exact) mass is 511 g/mol. The molecule has 1 aliphatic rings. The molecule has 3 aromatic rings. The van der Waals surface area contributed by atoms with Gasteiger partial charge in [0.2, 0.25) is 10.0 Å². The van der Waals surface area contributed by atoms with E-state index in [9.17, 15) is 18.0 Å². The first-order chi connectivity index (χ1) is 16.8. The van der Waals surface area contributed by atoms with Crippen molar-refractivity contribution in [3.63, 3.8) is 0 Å². The molecule has 0 radical (unpaired) electrons. The summed E-state index contributed by atoms with van der Waals surface area (Å²) in [6.07, 6.45) is 2.67. The van der Waals surface area contributed by atoms with Gasteiger partial charge in [0.05, 0.1) is 16.1 Å². The van der Waals surface area contributed by atoms with Gasteiger partial charge in [-0.05, 0) is 73.9 Å². The maximum Gasteiger partial charge on any atom is 0.257 e. The molecule has 0 unspecified atom stereocenters. The number of carbonyl (C=O) groups is 2. The Hall–Kier alpha value is -3.20. The molecule has 1 saturated heterocycles. The van der Waals surface area contributed by atoms with Crippen molar-refractivity contribution in [2.45, 2.75) is 31.1 Å². The minimum atomic E-state index is -3.69. The lowest BCUT2D eigenvalue weighted by atomic mass is 10.1. The van der Waals surface area contributed by atoms with Gasteiger partial charge < -0.3 is 10.6 Å². The van der Waals surface area contributed by atoms with Gasteiger partial charge in [-0.1, -0.05) is 36.2 Å². The molecule has 1 heterocycles. The fraction of sp³-hybridized carbons (Fsp3) is 0.231. The normalized spacial score (nSPS) is 14.3. The Labute approximate surface area is 210 Å². The number of para-hydroxylation sites is 1. The quantitative estimate of drug-likeness (QED) is 0.467. The molecule has 182 valence electrons. The highest BCUT2D eigenvalue weighted by Gasteiger charge is 2.27. The first-order valence-electron chi connectivity index (χ1n) is 11.3. The third kappa shape index (κ3) is 5.73. The van der Waals surface area contributed by atoms with E-state index in [0.29, 0.717) is 35.1 Å². The molecular weight excluding hydrogens is 486 g/mol. The van der Waals surface area contributed by atoms with E-state index in [-0.39, 0.29) is 16.0 Å². The summed E-state index contributed by atoms with van der Waals surface area (Å²) in [5.74, 6) is -0.897. The lowest BCUT2D eigenvalue weighted by molar-refractivity contribution is 0.102. The maximum absolute atomic E-state index is 13.2. The van der Waals surface area contributed by atoms with Crippen molar-refractivity contribution in [1.29, 1.82) is 0 Å². The summed E-state index contributed by atoms with van der Waals surface area (Å²) in [5, 5.41) is 6.11. The molecule has 0 aliphatic carbocycles. The second-order valence-corrected chi connectivity index (χ2v) is 10.8. The minimum Gasteiger partial charge on any atom is -0.322 e. The summed E-state index contributed by atoms with van der Waals surface area (Å²) in [5.41, 5.74) is 2.00. The fourth-order valence-electron chi connectivity index (χ4n) is 3.97. The number of nitrogens with zero attached hydrogens (tertiary/aromatic N) is 1. The lowest BCUT2D eigenvalue weighted by Crippen LogP contribution is -2.35. The number of hydrogen-bond donors (Lipinski definition) is 2. The van der Waals surface area contributed by atoms with Crippen LogP contribution in [0.15, 0.2) is 71.6 Å². The van der Waals surface area contributed by atoms with E-state index >= 15 is 0 Å². The highest BCUT2D eigenvalue weighted by molar-refractivity contribution is 7.89. The molecule has 1 fully saturated rings. The van der Waals surface area contributed by atoms with Gasteiger partial charge in [0.15, 0.2) is 0 Å². The van der Waals surface area contributed by atoms with Crippen LogP contribution >= 0.6 is 11.6 Å². The zero-order valence-corrected chi connectivity index (χ0v) is 20.8. The molecule has 3 aromatic carbocycles. The van der Waals surface area contributed by atoms with Crippen LogP contribution < -0.4 is 10.6 Å². The molecule has 0 atom stereocenters. The number of nitrogens with one attached hydrogen (secondary N) is 2. The third-order valence-electron chi connectivity index (χ3n) is 5.93. The second-order valence-electron chi connectivity index (χ2n) is 8.40. The van der Waals surface area contributed by atoms with Crippen LogP contribution in [0.4, 0.5) is 11.4 Å². The van der Waals surface area contributed by atoms with Crippen LogP contribution in [0.1, 0.15) is 45.5 Å². The first-order valence-corrected chi connectivity index (χ1v) is 13.2. The van der Waals surface area contributed by atoms with E-state index in [0.717, 1.165) is 19.3 Å². The molecule has 0 bridgehead atoms. The Bertz CT molecular complexity index is 1350. The summed E-state index contributed by atoms with van der Waals surface area (Å²) in [7, 11) is -3.69. The van der Waals surface area contributed by atoms with Crippen LogP contribution in [0.25, 0.3) is 0 Å². The van der Waals surface area contributed by atoms with Gasteiger partial charge in [0.25, 0.3) is 11.8 Å². The Kier molecular flexibility index (Phi) is 7.54. The summed E-state index contributed by atoms with van der Waals surface area (Å²) >= 11 is 5.90. The molecule has 7 nitrogen and oxygen atoms in total. The van der Waals surface area contributed by atoms with Gasteiger partial charge in [-0.25, -0.2) is 8.42 Å². The highest BCUT2D eigenvalue weighted by Crippen LogP contribution is 2.25. The van der Waals surface area contributed by atoms with Gasteiger partial charge in [-0.3, -0.25) is 9.59 Å². The second kappa shape index (κ2) is 10.6. The van der Waals surface area contributed by atoms with E-state index in [1.165, 1.54) is 16.4 Å². The molecule has 9 heteroatoms. The summed E-state index contributed by atoms with van der Waals surface area (Å²) in [4.78, 5) is 26.2. The predicted molar refractivity (Wildman–Crippen MR) is 138 cm³/mol. The SMILES string of the molecule is Cc1ccc(S(=O)(=O)N2CCCCC2)cc1C(=O)Nc1ccccc1C(=O)Nc1ccc(Cl)cc1. The van der Waals surface area contributed by atoms with E-state index in [1.807, 2.05) is 0 Å². The number of hydrogen-bond acceptors (Lipinski definition) is 4. The van der Waals surface area contributed by atoms with Crippen molar-refractivity contribution < 1.29 is 18.0 Å². The number of piperidine rings is 1. The molecule has 0 spiro atoms. The number of sulfonamides is 1. The smallest absolute Gasteiger partial charge is 0.257 e. The van der Waals surface area contributed by atoms with Crippen molar-refractivity contribution in [2.75, 3.05) is 23.7 Å². The fourth-order valence-corrected chi connectivity index (χ4v) is 5.64. The average Bonchev–Trinajstić information content (AvgIpc) is 2.86. The molecule has 1 aliphatic heterocycles. The van der Waals surface area contributed by atoms with Gasteiger partial charge in [0, 0.05) is 29.4 Å². The molecule has 2 amide bonds. The number of amides is 2. The zero-order valence-electron chi connectivity index (χ0n) is 19.3. The molecule has 0 aromatic heterocycles. The number of anilines is 2. The predicted octanol–water partition coefficient (Wildman–Crippen LogP) is 5.33. The van der Waals surface area contributed by atoms with Crippen molar-refractivity contribution in [3.8, 4) is 0 Å². The number of rotatable bonds is 6. The maximum atomic E-state index is 13.2. The van der Waals surface area contributed by atoms with Crippen LogP contribution in [0, 0.1) is 6.92 Å². The van der Waals surface area contributed by atoms with Gasteiger partial charge in [0.1, 0.15) is 0 Å². The first kappa shape index (κ1) is 24.9. The Morgan fingerprint density at radius 1 is 0.829 bits per heavy atom. The number of halogens is 1. The highest BCUT2D eigenvalue weighted by atomic mass is 35.5. The number of carbonyl (C=O) groups excluding carboxylic acids is 2. The Balaban J connectivity index is 1.57. The number of aryl methyl sites for hydroxylation is 1. The van der Waals surface area contributed by atoms with Gasteiger partial charge >= 0.3 is 0 Å². The molecular formula is C26H26ClN3O4S. The topological polar surface area (TPSA) is 95.6 Å². The number of benzene rings is 3. The standard InChI is InChI=1S/C26H26ClN3O4S/c1-18-9-14-21(35(33,34)30-15-5-2-6-16-30)17-23(18)26(32)29-24-8-4-3-7-22(24)25(31)28-20-12-10-19(27)11-13-20/h3-4,7-14,17H,2,5-6,15-16H2,1H3,(H,28,31)(H,29,32). The van der Waals surface area contributed by atoms with Crippen LogP contribution in [-0.2, 0) is 10.0 Å². The van der Waals surface area contributed by atoms with Crippen molar-refractivity contribution in [2.24, 2.45) is 0 Å². The van der Waals surface area contributed by atoms with Crippen molar-refractivity contribution in [1.82, 2.24) is 4.31 Å². The largest absolute Gasteiger partial charge is 0.322 e. The summed E-state index contributed by atoms with van der Waals surface area (Å²) in [6.45, 7) is 2.70. The molecule has 4 rings (SSSR count). The summed E-state index contributed by atoms with van der Waals surface area (Å²) in [6, 6.07) is 17.9. The van der Waals surface area contributed by atoms with E-state index in [1.54, 1.807) is 61.5 Å². The van der Waals surface area contributed by atoms with Crippen LogP contribution in [0.5, 0.6) is 0 Å². The zero-order chi connectivity index (χ0) is 25.0. The Morgan fingerprint density at radius 3 is 2.20 bits per heavy atom. The van der Waals surface area contributed by atoms with Crippen molar-refractivity contribution >= 4 is 44.8 Å². The third-order valence-corrected chi connectivity index (χ3v) is 8.08. The van der Waals surface area contributed by atoms with E-state index in [2.05, 4.69) is 10.6 Å². The van der Waals surface area contributed by atoms with Crippen LogP contribution in [0.3, 0.4) is 0 Å². The minimum absolute atomic E-state index is 0.0870. The van der Waals surface area contributed by atoms with E-state index in [4.69, 9.17) is 11.6 Å². The van der Waals surface area contributed by atoms with Crippen LogP contribution in [0.2, 0.25) is 5.02 Å². The molecule has 2 N–H and O–H groups in total. The van der Waals surface area contributed by atoms with Crippen molar-refractivity contribution in [3.05, 3.63) is 88.4 Å². The lowest BCUT2D eigenvalue weighted by Gasteiger charge is -2.26. The van der Waals surface area contributed by atoms with Gasteiger partial charge in [-0.15, -0.1) is 0 Å². The summed E-state index contributed by atoms with van der Waals surface area (Å²) < 4.78 is 27.7. The average molecular weight is 512 g/mol. The van der Waals surface area contributed by atoms with E-state index < -0.39 is 21.8 Å². The molecule has 35 heavy (non-hydrogen) atoms.